The van der Waals surface area contributed by atoms with E-state index in [1.54, 1.807) is 0 Å². The Kier molecular flexibility index (Phi) is 27.9. The summed E-state index contributed by atoms with van der Waals surface area (Å²) in [6.45, 7) is 8.47. The van der Waals surface area contributed by atoms with Crippen LogP contribution in [0.1, 0.15) is 143 Å². The number of quaternary nitrogens is 1. The van der Waals surface area contributed by atoms with Gasteiger partial charge in [-0.1, -0.05) is 117 Å². The molecule has 0 atom stereocenters. The van der Waals surface area contributed by atoms with E-state index in [-0.39, 0.29) is 13.2 Å². The minimum Gasteiger partial charge on any atom is -0.756 e. The van der Waals surface area contributed by atoms with Crippen molar-refractivity contribution in [2.75, 3.05) is 40.9 Å². The van der Waals surface area contributed by atoms with Crippen LogP contribution in [0.4, 0.5) is 0 Å². The molecule has 0 heterocycles. The molecule has 0 saturated heterocycles. The fourth-order valence-electron chi connectivity index (χ4n) is 3.70. The van der Waals surface area contributed by atoms with Gasteiger partial charge in [0.25, 0.3) is 7.82 Å². The molecule has 0 N–H and O–H groups in total. The Bertz CT molecular complexity index is 419. The van der Waals surface area contributed by atoms with Gasteiger partial charge >= 0.3 is 0 Å². The van der Waals surface area contributed by atoms with E-state index in [1.165, 1.54) is 90.0 Å². The lowest BCUT2D eigenvalue weighted by molar-refractivity contribution is -0.870. The summed E-state index contributed by atoms with van der Waals surface area (Å²) in [5.41, 5.74) is 0. The van der Waals surface area contributed by atoms with Crippen molar-refractivity contribution in [2.24, 2.45) is 0 Å². The highest BCUT2D eigenvalue weighted by atomic mass is 31.2. The molecular weight excluding hydrogens is 445 g/mol. The van der Waals surface area contributed by atoms with Crippen LogP contribution in [0.5, 0.6) is 0 Å². The van der Waals surface area contributed by atoms with Gasteiger partial charge in [-0.05, 0) is 25.7 Å². The molecule has 208 valence electrons. The third kappa shape index (κ3) is 34.2. The quantitative estimate of drug-likeness (QED) is 0.0745. The van der Waals surface area contributed by atoms with Crippen LogP contribution in [0.15, 0.2) is 0 Å². The number of nitrogens with zero attached hydrogens (tertiary/aromatic N) is 1. The van der Waals surface area contributed by atoms with Crippen LogP contribution in [-0.2, 0) is 13.6 Å². The fourth-order valence-corrected chi connectivity index (χ4v) is 4.48. The Balaban J connectivity index is 0. The highest BCUT2D eigenvalue weighted by Crippen LogP contribution is 2.38. The average molecular weight is 508 g/mol. The van der Waals surface area contributed by atoms with E-state index in [1.807, 2.05) is 0 Å². The highest BCUT2D eigenvalue weighted by Gasteiger charge is 2.08. The maximum Gasteiger partial charge on any atom is 0.267 e. The molecule has 0 aromatic heterocycles. The van der Waals surface area contributed by atoms with E-state index >= 15 is 0 Å². The largest absolute Gasteiger partial charge is 0.756 e. The second-order valence-corrected chi connectivity index (χ2v) is 12.2. The van der Waals surface area contributed by atoms with Gasteiger partial charge in [0, 0.05) is 0 Å². The molecular formula is C28H62NO4P. The SMILES string of the molecule is CCCCCCCCC[N+](C)(C)C.CCCCCCCCOP(=O)([O-])OCCCCCCCC. The third-order valence-corrected chi connectivity index (χ3v) is 6.92. The molecule has 5 nitrogen and oxygen atoms in total. The minimum absolute atomic E-state index is 0.253. The van der Waals surface area contributed by atoms with Crippen molar-refractivity contribution in [1.82, 2.24) is 0 Å². The first-order valence-corrected chi connectivity index (χ1v) is 16.0. The summed E-state index contributed by atoms with van der Waals surface area (Å²) in [4.78, 5) is 11.5. The van der Waals surface area contributed by atoms with E-state index in [0.29, 0.717) is 0 Å². The number of hydrogen-bond donors (Lipinski definition) is 0. The van der Waals surface area contributed by atoms with E-state index < -0.39 is 7.82 Å². The molecule has 0 aliphatic carbocycles. The zero-order chi connectivity index (χ0) is 26.0. The van der Waals surface area contributed by atoms with Gasteiger partial charge in [-0.3, -0.25) is 4.57 Å². The van der Waals surface area contributed by atoms with Crippen molar-refractivity contribution in [3.63, 3.8) is 0 Å². The molecule has 0 aromatic rings. The smallest absolute Gasteiger partial charge is 0.267 e. The van der Waals surface area contributed by atoms with E-state index in [0.717, 1.165) is 43.0 Å². The van der Waals surface area contributed by atoms with Crippen LogP contribution in [-0.4, -0.2) is 45.4 Å². The molecule has 0 saturated carbocycles. The van der Waals surface area contributed by atoms with Crippen molar-refractivity contribution in [3.05, 3.63) is 0 Å². The second-order valence-electron chi connectivity index (χ2n) is 10.8. The predicted octanol–water partition coefficient (Wildman–Crippen LogP) is 8.65. The fraction of sp³-hybridized carbons (Fsp3) is 1.00. The lowest BCUT2D eigenvalue weighted by atomic mass is 10.1. The van der Waals surface area contributed by atoms with Crippen LogP contribution < -0.4 is 4.89 Å². The summed E-state index contributed by atoms with van der Waals surface area (Å²) in [6, 6.07) is 0. The molecule has 0 amide bonds. The summed E-state index contributed by atoms with van der Waals surface area (Å²) in [6.07, 6.45) is 23.3. The molecule has 0 unspecified atom stereocenters. The molecule has 0 aliphatic rings. The maximum atomic E-state index is 11.5. The Morgan fingerprint density at radius 2 is 0.824 bits per heavy atom. The van der Waals surface area contributed by atoms with E-state index in [2.05, 4.69) is 41.9 Å². The zero-order valence-electron chi connectivity index (χ0n) is 24.1. The van der Waals surface area contributed by atoms with Crippen LogP contribution in [0.2, 0.25) is 0 Å². The average Bonchev–Trinajstić information content (AvgIpc) is 2.77. The molecule has 6 heteroatoms. The van der Waals surface area contributed by atoms with Gasteiger partial charge in [0.2, 0.25) is 0 Å². The van der Waals surface area contributed by atoms with Gasteiger partial charge in [-0.15, -0.1) is 0 Å². The molecule has 34 heavy (non-hydrogen) atoms. The van der Waals surface area contributed by atoms with Crippen LogP contribution in [0.25, 0.3) is 0 Å². The first-order valence-electron chi connectivity index (χ1n) is 14.6. The molecule has 0 fully saturated rings. The summed E-state index contributed by atoms with van der Waals surface area (Å²) in [5, 5.41) is 0. The van der Waals surface area contributed by atoms with Crippen molar-refractivity contribution >= 4 is 7.82 Å². The molecule has 0 aliphatic heterocycles. The molecule has 0 rings (SSSR count). The van der Waals surface area contributed by atoms with Gasteiger partial charge in [0.1, 0.15) is 0 Å². The summed E-state index contributed by atoms with van der Waals surface area (Å²) >= 11 is 0. The van der Waals surface area contributed by atoms with Crippen molar-refractivity contribution < 1.29 is 23.0 Å². The van der Waals surface area contributed by atoms with Gasteiger partial charge in [0.05, 0.1) is 40.9 Å². The van der Waals surface area contributed by atoms with Crippen LogP contribution >= 0.6 is 7.82 Å². The minimum atomic E-state index is -4.07. The predicted molar refractivity (Wildman–Crippen MR) is 147 cm³/mol. The van der Waals surface area contributed by atoms with Crippen LogP contribution in [0, 0.1) is 0 Å². The van der Waals surface area contributed by atoms with Crippen molar-refractivity contribution in [3.8, 4) is 0 Å². The molecule has 0 spiro atoms. The topological polar surface area (TPSA) is 58.6 Å². The van der Waals surface area contributed by atoms with Gasteiger partial charge < -0.3 is 18.4 Å². The zero-order valence-corrected chi connectivity index (χ0v) is 25.0. The maximum absolute atomic E-state index is 11.5. The standard InChI is InChI=1S/C16H35O4P.C12H28N/c1-3-5-7-9-11-13-15-19-21(17,18)20-16-14-12-10-8-6-4-2;1-5-6-7-8-9-10-11-12-13(2,3)4/h3-16H2,1-2H3,(H,17,18);5-12H2,1-4H3/q;+1/p-1. The second kappa shape index (κ2) is 26.1. The van der Waals surface area contributed by atoms with Crippen LogP contribution in [0.3, 0.4) is 0 Å². The normalized spacial score (nSPS) is 12.0. The number of hydrogen-bond acceptors (Lipinski definition) is 4. The number of phosphoric ester groups is 1. The summed E-state index contributed by atoms with van der Waals surface area (Å²) in [5.74, 6) is 0. The van der Waals surface area contributed by atoms with Crippen molar-refractivity contribution in [1.29, 1.82) is 0 Å². The first kappa shape index (κ1) is 36.2. The lowest BCUT2D eigenvalue weighted by Gasteiger charge is -2.23. The number of rotatable bonds is 24. The van der Waals surface area contributed by atoms with E-state index in [4.69, 9.17) is 9.05 Å². The molecule has 0 radical (unpaired) electrons. The first-order chi connectivity index (χ1) is 16.2. The van der Waals surface area contributed by atoms with Gasteiger partial charge in [0.15, 0.2) is 0 Å². The Hall–Kier alpha value is 0.0700. The Labute approximate surface area is 214 Å². The lowest BCUT2D eigenvalue weighted by Crippen LogP contribution is -2.35. The molecule has 0 bridgehead atoms. The Morgan fingerprint density at radius 1 is 0.529 bits per heavy atom. The number of phosphoric acid groups is 1. The molecule has 0 aromatic carbocycles. The number of unbranched alkanes of at least 4 members (excludes halogenated alkanes) is 16. The van der Waals surface area contributed by atoms with E-state index in [9.17, 15) is 9.46 Å². The van der Waals surface area contributed by atoms with Crippen molar-refractivity contribution in [2.45, 2.75) is 143 Å². The monoisotopic (exact) mass is 507 g/mol. The third-order valence-electron chi connectivity index (χ3n) is 5.93. The summed E-state index contributed by atoms with van der Waals surface area (Å²) in [7, 11) is 2.76. The Morgan fingerprint density at radius 3 is 1.15 bits per heavy atom. The summed E-state index contributed by atoms with van der Waals surface area (Å²) < 4.78 is 22.3. The van der Waals surface area contributed by atoms with Gasteiger partial charge in [-0.2, -0.15) is 0 Å². The van der Waals surface area contributed by atoms with Gasteiger partial charge in [-0.25, -0.2) is 0 Å². The highest BCUT2D eigenvalue weighted by molar-refractivity contribution is 7.45.